The van der Waals surface area contributed by atoms with Crippen LogP contribution >= 0.6 is 23.1 Å². The average molecular weight is 390 g/mol. The van der Waals surface area contributed by atoms with Gasteiger partial charge in [0.25, 0.3) is 5.91 Å². The number of anilines is 1. The quantitative estimate of drug-likeness (QED) is 0.795. The van der Waals surface area contributed by atoms with E-state index >= 15 is 0 Å². The van der Waals surface area contributed by atoms with E-state index in [2.05, 4.69) is 5.32 Å². The zero-order chi connectivity index (χ0) is 18.5. The molecule has 0 spiro atoms. The van der Waals surface area contributed by atoms with Crippen LogP contribution in [0.4, 0.5) is 5.69 Å². The second kappa shape index (κ2) is 8.37. The molecule has 1 aromatic carbocycles. The van der Waals surface area contributed by atoms with Gasteiger partial charge in [0, 0.05) is 30.7 Å². The summed E-state index contributed by atoms with van der Waals surface area (Å²) in [6, 6.07) is 6.97. The molecular weight excluding hydrogens is 372 g/mol. The summed E-state index contributed by atoms with van der Waals surface area (Å²) in [5, 5.41) is 6.70. The summed E-state index contributed by atoms with van der Waals surface area (Å²) in [6.45, 7) is 0.152. The Bertz CT molecular complexity index is 821. The maximum atomic E-state index is 12.2. The molecule has 0 aliphatic carbocycles. The van der Waals surface area contributed by atoms with Crippen LogP contribution in [0.2, 0.25) is 0 Å². The SMILES string of the molecule is CN(Cc1ccsc1)C(=O)COC(=O)c1ccc2c(c1)NC(=O)CCS2. The zero-order valence-electron chi connectivity index (χ0n) is 14.2. The molecule has 1 N–H and O–H groups in total. The molecule has 1 aliphatic heterocycles. The fraction of sp³-hybridized carbons (Fsp3) is 0.278. The first-order chi connectivity index (χ1) is 12.5. The van der Waals surface area contributed by atoms with Gasteiger partial charge in [0.1, 0.15) is 0 Å². The number of hydrogen-bond acceptors (Lipinski definition) is 6. The fourth-order valence-electron chi connectivity index (χ4n) is 2.41. The third-order valence-electron chi connectivity index (χ3n) is 3.83. The number of carbonyl (C=O) groups excluding carboxylic acids is 3. The number of benzene rings is 1. The number of carbonyl (C=O) groups is 3. The summed E-state index contributed by atoms with van der Waals surface area (Å²) in [4.78, 5) is 38.4. The largest absolute Gasteiger partial charge is 0.452 e. The third kappa shape index (κ3) is 4.64. The summed E-state index contributed by atoms with van der Waals surface area (Å²) < 4.78 is 5.13. The first-order valence-corrected chi connectivity index (χ1v) is 9.94. The van der Waals surface area contributed by atoms with Crippen LogP contribution in [0.3, 0.4) is 0 Å². The number of hydrogen-bond donors (Lipinski definition) is 1. The fourth-order valence-corrected chi connectivity index (χ4v) is 4.01. The van der Waals surface area contributed by atoms with Crippen molar-refractivity contribution in [3.8, 4) is 0 Å². The number of amides is 2. The van der Waals surface area contributed by atoms with Crippen LogP contribution in [0.25, 0.3) is 0 Å². The van der Waals surface area contributed by atoms with Crippen LogP contribution in [-0.4, -0.2) is 42.1 Å². The lowest BCUT2D eigenvalue weighted by Crippen LogP contribution is -2.30. The Balaban J connectivity index is 1.58. The highest BCUT2D eigenvalue weighted by molar-refractivity contribution is 7.99. The smallest absolute Gasteiger partial charge is 0.338 e. The number of esters is 1. The van der Waals surface area contributed by atoms with E-state index in [1.165, 1.54) is 4.90 Å². The average Bonchev–Trinajstić information content (AvgIpc) is 3.05. The molecule has 136 valence electrons. The number of thiophene rings is 1. The number of nitrogens with zero attached hydrogens (tertiary/aromatic N) is 1. The van der Waals surface area contributed by atoms with Gasteiger partial charge in [-0.05, 0) is 40.6 Å². The third-order valence-corrected chi connectivity index (χ3v) is 5.64. The van der Waals surface area contributed by atoms with Gasteiger partial charge in [0.2, 0.25) is 5.91 Å². The molecule has 2 amide bonds. The summed E-state index contributed by atoms with van der Waals surface area (Å²) in [5.74, 6) is -0.239. The Labute approximate surface area is 159 Å². The number of rotatable bonds is 5. The monoisotopic (exact) mass is 390 g/mol. The highest BCUT2D eigenvalue weighted by atomic mass is 32.2. The van der Waals surface area contributed by atoms with Crippen LogP contribution in [0.1, 0.15) is 22.3 Å². The minimum atomic E-state index is -0.589. The standard InChI is InChI=1S/C18H18N2O4S2/c1-20(9-12-4-6-25-11-12)17(22)10-24-18(23)13-2-3-15-14(8-13)19-16(21)5-7-26-15/h2-4,6,8,11H,5,7,9-10H2,1H3,(H,19,21). The molecular formula is C18H18N2O4S2. The van der Waals surface area contributed by atoms with Gasteiger partial charge in [0.15, 0.2) is 6.61 Å². The Morgan fingerprint density at radius 3 is 2.92 bits per heavy atom. The molecule has 0 saturated carbocycles. The molecule has 2 heterocycles. The Morgan fingerprint density at radius 1 is 1.31 bits per heavy atom. The molecule has 26 heavy (non-hydrogen) atoms. The summed E-state index contributed by atoms with van der Waals surface area (Å²) >= 11 is 3.13. The van der Waals surface area contributed by atoms with Crippen molar-refractivity contribution >= 4 is 46.6 Å². The Kier molecular flexibility index (Phi) is 5.95. The molecule has 1 aromatic heterocycles. The van der Waals surface area contributed by atoms with Gasteiger partial charge in [-0.1, -0.05) is 0 Å². The summed E-state index contributed by atoms with van der Waals surface area (Å²) in [5.41, 5.74) is 1.95. The van der Waals surface area contributed by atoms with Crippen molar-refractivity contribution in [2.24, 2.45) is 0 Å². The first kappa shape index (κ1) is 18.5. The van der Waals surface area contributed by atoms with Gasteiger partial charge in [-0.3, -0.25) is 9.59 Å². The van der Waals surface area contributed by atoms with Crippen LogP contribution in [0.15, 0.2) is 39.9 Å². The molecule has 2 aromatic rings. The van der Waals surface area contributed by atoms with E-state index in [-0.39, 0.29) is 18.4 Å². The van der Waals surface area contributed by atoms with E-state index in [9.17, 15) is 14.4 Å². The van der Waals surface area contributed by atoms with Crippen molar-refractivity contribution in [2.45, 2.75) is 17.9 Å². The minimum Gasteiger partial charge on any atom is -0.452 e. The first-order valence-electron chi connectivity index (χ1n) is 8.02. The van der Waals surface area contributed by atoms with Crippen molar-refractivity contribution in [2.75, 3.05) is 24.7 Å². The van der Waals surface area contributed by atoms with Gasteiger partial charge >= 0.3 is 5.97 Å². The number of ether oxygens (including phenoxy) is 1. The van der Waals surface area contributed by atoms with Crippen LogP contribution in [-0.2, 0) is 20.9 Å². The number of nitrogens with one attached hydrogen (secondary N) is 1. The highest BCUT2D eigenvalue weighted by Crippen LogP contribution is 2.31. The van der Waals surface area contributed by atoms with Crippen molar-refractivity contribution in [3.63, 3.8) is 0 Å². The minimum absolute atomic E-state index is 0.0769. The molecule has 6 nitrogen and oxygen atoms in total. The molecule has 0 radical (unpaired) electrons. The molecule has 0 unspecified atom stereocenters. The summed E-state index contributed by atoms with van der Waals surface area (Å²) in [6.07, 6.45) is 0.435. The van der Waals surface area contributed by atoms with Gasteiger partial charge in [0.05, 0.1) is 11.3 Å². The topological polar surface area (TPSA) is 75.7 Å². The lowest BCUT2D eigenvalue weighted by atomic mass is 10.2. The maximum Gasteiger partial charge on any atom is 0.338 e. The zero-order valence-corrected chi connectivity index (χ0v) is 15.8. The second-order valence-corrected chi connectivity index (χ2v) is 7.73. The highest BCUT2D eigenvalue weighted by Gasteiger charge is 2.18. The van der Waals surface area contributed by atoms with Crippen LogP contribution in [0.5, 0.6) is 0 Å². The maximum absolute atomic E-state index is 12.2. The second-order valence-electron chi connectivity index (χ2n) is 5.82. The Hall–Kier alpha value is -2.32. The molecule has 8 heteroatoms. The van der Waals surface area contributed by atoms with Crippen molar-refractivity contribution in [3.05, 3.63) is 46.2 Å². The molecule has 0 saturated heterocycles. The number of fused-ring (bicyclic) bond motifs is 1. The van der Waals surface area contributed by atoms with Crippen LogP contribution < -0.4 is 5.32 Å². The van der Waals surface area contributed by atoms with E-state index < -0.39 is 5.97 Å². The van der Waals surface area contributed by atoms with E-state index in [4.69, 9.17) is 4.74 Å². The normalized spacial score (nSPS) is 13.3. The predicted molar refractivity (Wildman–Crippen MR) is 101 cm³/mol. The van der Waals surface area contributed by atoms with Gasteiger partial charge < -0.3 is 15.0 Å². The lowest BCUT2D eigenvalue weighted by molar-refractivity contribution is -0.133. The predicted octanol–water partition coefficient (Wildman–Crippen LogP) is 3.00. The Morgan fingerprint density at radius 2 is 2.15 bits per heavy atom. The number of likely N-dealkylation sites (N-methyl/N-ethyl adjacent to an activating group) is 1. The molecule has 1 aliphatic rings. The van der Waals surface area contributed by atoms with Gasteiger partial charge in [-0.15, -0.1) is 11.8 Å². The molecule has 0 atom stereocenters. The summed E-state index contributed by atoms with van der Waals surface area (Å²) in [7, 11) is 1.67. The number of thioether (sulfide) groups is 1. The van der Waals surface area contributed by atoms with Crippen LogP contribution in [0, 0.1) is 0 Å². The van der Waals surface area contributed by atoms with E-state index in [0.29, 0.717) is 30.0 Å². The van der Waals surface area contributed by atoms with Crippen molar-refractivity contribution < 1.29 is 19.1 Å². The lowest BCUT2D eigenvalue weighted by Gasteiger charge is -2.16. The van der Waals surface area contributed by atoms with Gasteiger partial charge in [-0.25, -0.2) is 4.79 Å². The molecule has 3 rings (SSSR count). The van der Waals surface area contributed by atoms with E-state index in [1.54, 1.807) is 48.3 Å². The van der Waals surface area contributed by atoms with E-state index in [1.807, 2.05) is 16.8 Å². The molecule has 0 fully saturated rings. The van der Waals surface area contributed by atoms with Crippen molar-refractivity contribution in [1.82, 2.24) is 4.90 Å². The van der Waals surface area contributed by atoms with Gasteiger partial charge in [-0.2, -0.15) is 11.3 Å². The molecule has 0 bridgehead atoms. The van der Waals surface area contributed by atoms with E-state index in [0.717, 1.165) is 10.5 Å². The van der Waals surface area contributed by atoms with Crippen molar-refractivity contribution in [1.29, 1.82) is 0 Å².